The van der Waals surface area contributed by atoms with Crippen molar-refractivity contribution in [1.82, 2.24) is 0 Å². The minimum absolute atomic E-state index is 0.0678. The standard InChI is InChI=1S/C22H34O4/c1-2-3-4-5-6-7-10-15-20(23)16-11-8-12-17-21(24)18-13-9-14-19-22(25)26/h8-9,11-14,17-20,23-24H,2-7,10,15-16H2,1H3,(H,25,26)/b11-8+,13-9+,17-12+,19-14+,21-18-. The van der Waals surface area contributed by atoms with Crippen molar-refractivity contribution in [2.75, 3.05) is 0 Å². The molecule has 26 heavy (non-hydrogen) atoms. The fourth-order valence-electron chi connectivity index (χ4n) is 2.34. The third-order valence-electron chi connectivity index (χ3n) is 3.79. The highest BCUT2D eigenvalue weighted by Gasteiger charge is 2.00. The summed E-state index contributed by atoms with van der Waals surface area (Å²) in [6, 6.07) is 0. The molecule has 0 aliphatic carbocycles. The van der Waals surface area contributed by atoms with Crippen LogP contribution in [0.3, 0.4) is 0 Å². The van der Waals surface area contributed by atoms with E-state index < -0.39 is 5.97 Å². The summed E-state index contributed by atoms with van der Waals surface area (Å²) in [6.45, 7) is 2.22. The third-order valence-corrected chi connectivity index (χ3v) is 3.79. The first-order valence-corrected chi connectivity index (χ1v) is 9.54. The van der Waals surface area contributed by atoms with Crippen LogP contribution in [0.4, 0.5) is 0 Å². The van der Waals surface area contributed by atoms with Gasteiger partial charge in [-0.2, -0.15) is 0 Å². The fraction of sp³-hybridized carbons (Fsp3) is 0.500. The van der Waals surface area contributed by atoms with Crippen LogP contribution in [0.25, 0.3) is 0 Å². The zero-order valence-electron chi connectivity index (χ0n) is 15.9. The van der Waals surface area contributed by atoms with Gasteiger partial charge in [0, 0.05) is 6.08 Å². The van der Waals surface area contributed by atoms with Gasteiger partial charge in [-0.05, 0) is 25.0 Å². The molecule has 0 aliphatic rings. The number of hydrogen-bond acceptors (Lipinski definition) is 3. The maximum atomic E-state index is 10.2. The summed E-state index contributed by atoms with van der Waals surface area (Å²) < 4.78 is 0. The minimum Gasteiger partial charge on any atom is -0.508 e. The number of aliphatic hydroxyl groups is 2. The summed E-state index contributed by atoms with van der Waals surface area (Å²) in [4.78, 5) is 10.2. The average Bonchev–Trinajstić information content (AvgIpc) is 2.60. The van der Waals surface area contributed by atoms with Gasteiger partial charge in [0.25, 0.3) is 0 Å². The quantitative estimate of drug-likeness (QED) is 0.153. The molecule has 0 aromatic rings. The van der Waals surface area contributed by atoms with Gasteiger partial charge in [-0.3, -0.25) is 0 Å². The van der Waals surface area contributed by atoms with Crippen LogP contribution in [0.5, 0.6) is 0 Å². The monoisotopic (exact) mass is 362 g/mol. The van der Waals surface area contributed by atoms with E-state index in [1.807, 2.05) is 6.08 Å². The lowest BCUT2D eigenvalue weighted by molar-refractivity contribution is -0.131. The number of carbonyl (C=O) groups is 1. The molecular weight excluding hydrogens is 328 g/mol. The normalized spacial score (nSPS) is 14.3. The second-order valence-corrected chi connectivity index (χ2v) is 6.26. The van der Waals surface area contributed by atoms with Crippen molar-refractivity contribution < 1.29 is 20.1 Å². The summed E-state index contributed by atoms with van der Waals surface area (Å²) in [6.07, 6.45) is 23.7. The third kappa shape index (κ3) is 18.3. The molecule has 0 saturated heterocycles. The van der Waals surface area contributed by atoms with E-state index >= 15 is 0 Å². The molecule has 0 saturated carbocycles. The van der Waals surface area contributed by atoms with Crippen molar-refractivity contribution in [2.24, 2.45) is 0 Å². The molecule has 0 aromatic carbocycles. The summed E-state index contributed by atoms with van der Waals surface area (Å²) in [5.41, 5.74) is 0. The molecule has 0 bridgehead atoms. The van der Waals surface area contributed by atoms with Gasteiger partial charge in [0.1, 0.15) is 5.76 Å². The van der Waals surface area contributed by atoms with Gasteiger partial charge in [-0.1, -0.05) is 88.3 Å². The van der Waals surface area contributed by atoms with Crippen LogP contribution < -0.4 is 0 Å². The van der Waals surface area contributed by atoms with Gasteiger partial charge in [-0.25, -0.2) is 4.79 Å². The highest BCUT2D eigenvalue weighted by atomic mass is 16.4. The molecule has 4 nitrogen and oxygen atoms in total. The predicted octanol–water partition coefficient (Wildman–Crippen LogP) is 5.63. The average molecular weight is 363 g/mol. The Morgan fingerprint density at radius 1 is 0.846 bits per heavy atom. The number of aliphatic carboxylic acids is 1. The van der Waals surface area contributed by atoms with E-state index in [2.05, 4.69) is 6.92 Å². The summed E-state index contributed by atoms with van der Waals surface area (Å²) >= 11 is 0. The van der Waals surface area contributed by atoms with E-state index in [9.17, 15) is 15.0 Å². The Morgan fingerprint density at radius 2 is 1.50 bits per heavy atom. The molecule has 0 heterocycles. The van der Waals surface area contributed by atoms with E-state index in [1.165, 1.54) is 62.8 Å². The van der Waals surface area contributed by atoms with Crippen molar-refractivity contribution in [2.45, 2.75) is 70.8 Å². The van der Waals surface area contributed by atoms with Crippen LogP contribution in [0.2, 0.25) is 0 Å². The van der Waals surface area contributed by atoms with Crippen LogP contribution in [0.15, 0.2) is 60.4 Å². The Labute approximate surface area is 157 Å². The Kier molecular flexibility index (Phi) is 16.3. The van der Waals surface area contributed by atoms with Crippen molar-refractivity contribution >= 4 is 5.97 Å². The van der Waals surface area contributed by atoms with Gasteiger partial charge in [0.15, 0.2) is 0 Å². The zero-order chi connectivity index (χ0) is 19.5. The van der Waals surface area contributed by atoms with Crippen molar-refractivity contribution in [3.63, 3.8) is 0 Å². The molecule has 3 N–H and O–H groups in total. The molecule has 1 atom stereocenters. The van der Waals surface area contributed by atoms with Crippen LogP contribution in [0.1, 0.15) is 64.7 Å². The molecule has 0 amide bonds. The van der Waals surface area contributed by atoms with E-state index in [4.69, 9.17) is 5.11 Å². The molecule has 0 radical (unpaired) electrons. The lowest BCUT2D eigenvalue weighted by Gasteiger charge is -2.07. The fourth-order valence-corrected chi connectivity index (χ4v) is 2.34. The highest BCUT2D eigenvalue weighted by Crippen LogP contribution is 2.11. The van der Waals surface area contributed by atoms with Gasteiger partial charge in [-0.15, -0.1) is 0 Å². The summed E-state index contributed by atoms with van der Waals surface area (Å²) in [5, 5.41) is 27.9. The number of allylic oxidation sites excluding steroid dienone is 7. The van der Waals surface area contributed by atoms with E-state index in [0.717, 1.165) is 18.9 Å². The molecule has 0 spiro atoms. The smallest absolute Gasteiger partial charge is 0.328 e. The maximum absolute atomic E-state index is 10.2. The number of unbranched alkanes of at least 4 members (excludes halogenated alkanes) is 6. The Hall–Kier alpha value is -2.07. The predicted molar refractivity (Wildman–Crippen MR) is 108 cm³/mol. The minimum atomic E-state index is -1.01. The number of aliphatic hydroxyl groups excluding tert-OH is 2. The first kappa shape index (κ1) is 23.9. The summed E-state index contributed by atoms with van der Waals surface area (Å²) in [7, 11) is 0. The SMILES string of the molecule is CCCCCCCCCC(O)C/C=C/C=C/C(O)=C/C=C/C=C/C(=O)O. The van der Waals surface area contributed by atoms with Crippen LogP contribution >= 0.6 is 0 Å². The second-order valence-electron chi connectivity index (χ2n) is 6.26. The Bertz CT molecular complexity index is 498. The van der Waals surface area contributed by atoms with Crippen LogP contribution in [-0.4, -0.2) is 27.4 Å². The second kappa shape index (κ2) is 17.7. The number of carboxylic acids is 1. The van der Waals surface area contributed by atoms with Crippen LogP contribution in [-0.2, 0) is 4.79 Å². The maximum Gasteiger partial charge on any atom is 0.328 e. The molecule has 4 heteroatoms. The van der Waals surface area contributed by atoms with Gasteiger partial charge >= 0.3 is 5.97 Å². The molecule has 0 aliphatic heterocycles. The van der Waals surface area contributed by atoms with E-state index in [0.29, 0.717) is 6.42 Å². The molecule has 0 aromatic heterocycles. The van der Waals surface area contributed by atoms with Gasteiger partial charge in [0.05, 0.1) is 6.10 Å². The first-order chi connectivity index (χ1) is 12.6. The lowest BCUT2D eigenvalue weighted by atomic mass is 10.0. The van der Waals surface area contributed by atoms with Crippen molar-refractivity contribution in [1.29, 1.82) is 0 Å². The Balaban J connectivity index is 3.82. The number of carboxylic acid groups (broad SMARTS) is 1. The van der Waals surface area contributed by atoms with E-state index in [1.54, 1.807) is 18.2 Å². The van der Waals surface area contributed by atoms with E-state index in [-0.39, 0.29) is 11.9 Å². The molecule has 146 valence electrons. The number of hydrogen-bond donors (Lipinski definition) is 3. The molecule has 0 fully saturated rings. The van der Waals surface area contributed by atoms with Gasteiger partial charge in [0.2, 0.25) is 0 Å². The van der Waals surface area contributed by atoms with Crippen molar-refractivity contribution in [3.8, 4) is 0 Å². The molecule has 1 unspecified atom stereocenters. The summed E-state index contributed by atoms with van der Waals surface area (Å²) in [5.74, 6) is -0.944. The van der Waals surface area contributed by atoms with Crippen LogP contribution in [0, 0.1) is 0 Å². The zero-order valence-corrected chi connectivity index (χ0v) is 15.9. The lowest BCUT2D eigenvalue weighted by Crippen LogP contribution is -2.04. The largest absolute Gasteiger partial charge is 0.508 e. The highest BCUT2D eigenvalue weighted by molar-refractivity contribution is 5.80. The first-order valence-electron chi connectivity index (χ1n) is 9.54. The number of rotatable bonds is 15. The topological polar surface area (TPSA) is 77.8 Å². The molecular formula is C22H34O4. The Morgan fingerprint density at radius 3 is 2.19 bits per heavy atom. The van der Waals surface area contributed by atoms with Crippen molar-refractivity contribution in [3.05, 3.63) is 60.4 Å². The molecule has 0 rings (SSSR count). The van der Waals surface area contributed by atoms with Gasteiger partial charge < -0.3 is 15.3 Å².